The fourth-order valence-electron chi connectivity index (χ4n) is 0. The first-order valence-corrected chi connectivity index (χ1v) is 1.96. The molecule has 0 heterocycles. The molecule has 0 aliphatic heterocycles. The maximum absolute atomic E-state index is 9.81. The summed E-state index contributed by atoms with van der Waals surface area (Å²) in [5.74, 6) is 0. The van der Waals surface area contributed by atoms with Crippen LogP contribution in [0.25, 0.3) is 0 Å². The van der Waals surface area contributed by atoms with Crippen molar-refractivity contribution < 1.29 is 10.6 Å². The molecule has 1 nitrogen and oxygen atoms in total. The van der Waals surface area contributed by atoms with Crippen LogP contribution in [0, 0.1) is 0 Å². The van der Waals surface area contributed by atoms with Gasteiger partial charge >= 0.3 is 45.1 Å². The summed E-state index contributed by atoms with van der Waals surface area (Å²) in [4.78, 5) is 0. The van der Waals surface area contributed by atoms with Crippen LogP contribution in [0.2, 0.25) is 0 Å². The molecule has 0 atom stereocenters. The second kappa shape index (κ2) is 9.56. The zero-order valence-corrected chi connectivity index (χ0v) is 3.57. The third-order valence-electron chi connectivity index (χ3n) is 0. The molecule has 0 radical (unpaired) electrons. The fourth-order valence-corrected chi connectivity index (χ4v) is 0. The Morgan fingerprint density at radius 3 is 1.00 bits per heavy atom. The normalized spacial score (nSPS) is 4.50. The Labute approximate surface area is 61.6 Å². The number of hydrogen-bond donors (Lipinski definition) is 1. The summed E-state index contributed by atoms with van der Waals surface area (Å²) in [7, 11) is 0. The number of rotatable bonds is 0. The average Bonchev–Trinajstić information content (AvgIpc) is 0.811. The minimum absolute atomic E-state index is 0. The van der Waals surface area contributed by atoms with Crippen molar-refractivity contribution in [3.8, 4) is 0 Å². The SMILES string of the molecule is N.[F][Al]([F])[F].[NaH]. The Hall–Kier alpha value is 1.28. The third-order valence-corrected chi connectivity index (χ3v) is 0. The van der Waals surface area contributed by atoms with Gasteiger partial charge in [-0.15, -0.1) is 0 Å². The molecule has 0 saturated carbocycles. The molecule has 0 unspecified atom stereocenters. The Balaban J connectivity index is -0.0000000450. The first-order valence-electron chi connectivity index (χ1n) is 0.655. The molecule has 0 bridgehead atoms. The van der Waals surface area contributed by atoms with Crippen LogP contribution in [-0.4, -0.2) is 45.1 Å². The summed E-state index contributed by atoms with van der Waals surface area (Å²) in [6.07, 6.45) is 0. The van der Waals surface area contributed by atoms with E-state index in [4.69, 9.17) is 0 Å². The standard InChI is InChI=1S/Al.3FH.H3N.Na.H/h;3*1H;1H3;;/q+3;;;;;;/p-3. The average molecular weight is 125 g/mol. The zero-order chi connectivity index (χ0) is 3.58. The van der Waals surface area contributed by atoms with Crippen LogP contribution in [-0.2, 0) is 0 Å². The molecular formula is H4AlF3NNa. The van der Waals surface area contributed by atoms with Gasteiger partial charge in [0.25, 0.3) is 0 Å². The van der Waals surface area contributed by atoms with Crippen LogP contribution in [0.1, 0.15) is 0 Å². The topological polar surface area (TPSA) is 35.0 Å². The molecule has 0 saturated heterocycles. The van der Waals surface area contributed by atoms with Crippen LogP contribution < -0.4 is 6.15 Å². The molecule has 34 valence electrons. The predicted molar refractivity (Wildman–Crippen MR) is 21.2 cm³/mol. The number of halogens is 3. The van der Waals surface area contributed by atoms with Gasteiger partial charge < -0.3 is 16.7 Å². The van der Waals surface area contributed by atoms with Crippen molar-refractivity contribution in [1.82, 2.24) is 6.15 Å². The van der Waals surface area contributed by atoms with Crippen molar-refractivity contribution in [2.24, 2.45) is 0 Å². The second-order valence-electron chi connectivity index (χ2n) is 0.247. The molecule has 6 heavy (non-hydrogen) atoms. The molecule has 0 amide bonds. The molecular weight excluding hydrogens is 121 g/mol. The summed E-state index contributed by atoms with van der Waals surface area (Å²) in [6.45, 7) is 0. The van der Waals surface area contributed by atoms with Crippen LogP contribution >= 0.6 is 0 Å². The molecule has 6 heteroatoms. The van der Waals surface area contributed by atoms with Crippen molar-refractivity contribution in [3.05, 3.63) is 0 Å². The Bertz CT molecular complexity index is 15.5. The Morgan fingerprint density at radius 2 is 1.00 bits per heavy atom. The van der Waals surface area contributed by atoms with Gasteiger partial charge in [-0.1, -0.05) is 0 Å². The fraction of sp³-hybridized carbons (Fsp3) is 0. The van der Waals surface area contributed by atoms with Gasteiger partial charge in [0.05, 0.1) is 0 Å². The first-order chi connectivity index (χ1) is 1.73. The molecule has 0 aromatic carbocycles. The molecule has 0 aliphatic rings. The van der Waals surface area contributed by atoms with Gasteiger partial charge in [0.15, 0.2) is 0 Å². The minimum atomic E-state index is -4.64. The van der Waals surface area contributed by atoms with E-state index in [0.29, 0.717) is 0 Å². The summed E-state index contributed by atoms with van der Waals surface area (Å²) in [5.41, 5.74) is 0. The summed E-state index contributed by atoms with van der Waals surface area (Å²) >= 11 is -4.64. The van der Waals surface area contributed by atoms with Gasteiger partial charge in [-0.25, -0.2) is 0 Å². The Morgan fingerprint density at radius 1 is 1.00 bits per heavy atom. The maximum atomic E-state index is 9.81. The van der Waals surface area contributed by atoms with E-state index in [-0.39, 0.29) is 35.7 Å². The third kappa shape index (κ3) is 58.9. The van der Waals surface area contributed by atoms with E-state index in [1.807, 2.05) is 0 Å². The number of hydrogen-bond acceptors (Lipinski definition) is 1. The second-order valence-corrected chi connectivity index (χ2v) is 0.742. The van der Waals surface area contributed by atoms with Gasteiger partial charge in [-0.3, -0.25) is 0 Å². The molecule has 0 aromatic heterocycles. The quantitative estimate of drug-likeness (QED) is 0.467. The van der Waals surface area contributed by atoms with E-state index in [9.17, 15) is 10.6 Å². The predicted octanol–water partition coefficient (Wildman–Crippen LogP) is 0.393. The molecule has 0 aliphatic carbocycles. The molecule has 0 fully saturated rings. The molecule has 0 spiro atoms. The first kappa shape index (κ1) is 15.7. The van der Waals surface area contributed by atoms with Gasteiger partial charge in [-0.2, -0.15) is 0 Å². The molecule has 0 aromatic rings. The van der Waals surface area contributed by atoms with Gasteiger partial charge in [-0.05, 0) is 0 Å². The van der Waals surface area contributed by atoms with Crippen LogP contribution in [0.3, 0.4) is 0 Å². The van der Waals surface area contributed by atoms with Crippen molar-refractivity contribution in [1.29, 1.82) is 0 Å². The van der Waals surface area contributed by atoms with E-state index >= 15 is 0 Å². The summed E-state index contributed by atoms with van der Waals surface area (Å²) < 4.78 is 29.4. The molecule has 3 N–H and O–H groups in total. The van der Waals surface area contributed by atoms with Gasteiger partial charge in [0.1, 0.15) is 0 Å². The molecule has 0 rings (SSSR count). The summed E-state index contributed by atoms with van der Waals surface area (Å²) in [6, 6.07) is 0. The van der Waals surface area contributed by atoms with Gasteiger partial charge in [0, 0.05) is 0 Å². The zero-order valence-electron chi connectivity index (χ0n) is 2.42. The van der Waals surface area contributed by atoms with Crippen molar-refractivity contribution in [2.45, 2.75) is 0 Å². The van der Waals surface area contributed by atoms with Crippen molar-refractivity contribution >= 4 is 45.1 Å². The van der Waals surface area contributed by atoms with Crippen molar-refractivity contribution in [3.63, 3.8) is 0 Å². The van der Waals surface area contributed by atoms with E-state index < -0.39 is 15.5 Å². The van der Waals surface area contributed by atoms with Crippen LogP contribution in [0.5, 0.6) is 0 Å². The Kier molecular flexibility index (Phi) is 25.0. The van der Waals surface area contributed by atoms with Crippen LogP contribution in [0.4, 0.5) is 10.6 Å². The van der Waals surface area contributed by atoms with Gasteiger partial charge in [0.2, 0.25) is 0 Å². The summed E-state index contributed by atoms with van der Waals surface area (Å²) in [5, 5.41) is 0. The van der Waals surface area contributed by atoms with Crippen molar-refractivity contribution in [2.75, 3.05) is 0 Å². The van der Waals surface area contributed by atoms with E-state index in [0.717, 1.165) is 0 Å². The van der Waals surface area contributed by atoms with E-state index in [2.05, 4.69) is 0 Å². The monoisotopic (exact) mass is 125 g/mol. The van der Waals surface area contributed by atoms with Crippen LogP contribution in [0.15, 0.2) is 0 Å². The van der Waals surface area contributed by atoms with E-state index in [1.165, 1.54) is 0 Å². The van der Waals surface area contributed by atoms with E-state index in [1.54, 1.807) is 0 Å².